The molecule has 0 saturated carbocycles. The van der Waals surface area contributed by atoms with Crippen molar-refractivity contribution in [3.63, 3.8) is 0 Å². The summed E-state index contributed by atoms with van der Waals surface area (Å²) in [6, 6.07) is 27.0. The average molecular weight is 638 g/mol. The van der Waals surface area contributed by atoms with Crippen LogP contribution in [0.4, 0.5) is 5.69 Å². The zero-order valence-corrected chi connectivity index (χ0v) is 27.7. The summed E-state index contributed by atoms with van der Waals surface area (Å²) >= 11 is 5.98. The fraction of sp³-hybridized carbons (Fsp3) is 0.343. The molecule has 1 atom stereocenters. The molecule has 1 fully saturated rings. The average Bonchev–Trinajstić information content (AvgIpc) is 3.59. The lowest BCUT2D eigenvalue weighted by molar-refractivity contribution is -0.671. The van der Waals surface area contributed by atoms with E-state index in [9.17, 15) is 4.79 Å². The number of anilines is 1. The molecule has 1 N–H and O–H groups in total. The zero-order chi connectivity index (χ0) is 32.2. The Morgan fingerprint density at radius 3 is 2.35 bits per heavy atom. The summed E-state index contributed by atoms with van der Waals surface area (Å²) in [5, 5.41) is 12.5. The van der Waals surface area contributed by atoms with Gasteiger partial charge in [-0.05, 0) is 64.7 Å². The number of hydrogen-bond acceptors (Lipinski definition) is 7. The van der Waals surface area contributed by atoms with Crippen LogP contribution in [0.1, 0.15) is 54.9 Å². The summed E-state index contributed by atoms with van der Waals surface area (Å²) < 4.78 is 10.7. The van der Waals surface area contributed by atoms with Gasteiger partial charge in [0.05, 0.1) is 6.67 Å². The molecule has 0 radical (unpaired) electrons. The second-order valence-electron chi connectivity index (χ2n) is 12.4. The van der Waals surface area contributed by atoms with Gasteiger partial charge in [-0.25, -0.2) is 9.48 Å². The Hall–Kier alpha value is -4.61. The largest absolute Gasteiger partial charge is 0.436 e. The molecule has 1 aliphatic heterocycles. The van der Waals surface area contributed by atoms with Gasteiger partial charge in [0.1, 0.15) is 6.21 Å². The van der Waals surface area contributed by atoms with Gasteiger partial charge in [-0.3, -0.25) is 9.42 Å². The van der Waals surface area contributed by atoms with Crippen LogP contribution in [-0.2, 0) is 13.1 Å². The van der Waals surface area contributed by atoms with E-state index in [1.165, 1.54) is 17.5 Å². The van der Waals surface area contributed by atoms with Crippen molar-refractivity contribution in [2.24, 2.45) is 11.0 Å². The summed E-state index contributed by atoms with van der Waals surface area (Å²) in [6.45, 7) is 12.7. The Morgan fingerprint density at radius 2 is 1.67 bits per heavy atom. The molecule has 1 aliphatic rings. The maximum absolute atomic E-state index is 12.8. The summed E-state index contributed by atoms with van der Waals surface area (Å²) in [6.07, 6.45) is 2.52. The molecule has 11 heteroatoms. The fourth-order valence-corrected chi connectivity index (χ4v) is 6.05. The third-order valence-corrected chi connectivity index (χ3v) is 8.83. The first-order chi connectivity index (χ1) is 22.3. The number of piperazine rings is 1. The molecule has 46 heavy (non-hydrogen) atoms. The number of aromatic amines is 1. The van der Waals surface area contributed by atoms with E-state index < -0.39 is 5.63 Å². The Balaban J connectivity index is 1.31. The van der Waals surface area contributed by atoms with E-state index in [0.717, 1.165) is 49.4 Å². The van der Waals surface area contributed by atoms with E-state index in [-0.39, 0.29) is 11.6 Å². The highest BCUT2D eigenvalue weighted by Crippen LogP contribution is 2.25. The molecule has 0 aliphatic carbocycles. The number of nitrogens with one attached hydrogen (secondary N) is 1. The highest BCUT2D eigenvalue weighted by Gasteiger charge is 2.25. The standard InChI is InChI=1S/C35H40N8O2S/c1-25(2)22-28-12-14-29(15-13-28)27(4)33-37-41(24-39-18-20-40(21-19-39)30-8-6-5-7-9-30)35(46)43(33)36-23-32-34(44)45-38-42(32)31-16-10-26(3)11-17-31/h5-17,23,25,27H,18-22,24H2,1-4H3/p+1. The van der Waals surface area contributed by atoms with Crippen molar-refractivity contribution in [2.45, 2.75) is 46.7 Å². The number of H-pyrrole nitrogens is 1. The van der Waals surface area contributed by atoms with E-state index in [1.807, 2.05) is 41.9 Å². The molecule has 10 nitrogen and oxygen atoms in total. The predicted molar refractivity (Wildman–Crippen MR) is 182 cm³/mol. The van der Waals surface area contributed by atoms with Crippen LogP contribution in [0.15, 0.2) is 93.3 Å². The van der Waals surface area contributed by atoms with E-state index in [2.05, 4.69) is 84.4 Å². The minimum atomic E-state index is -0.533. The van der Waals surface area contributed by atoms with Crippen molar-refractivity contribution in [3.8, 4) is 5.69 Å². The lowest BCUT2D eigenvalue weighted by Gasteiger charge is -2.35. The van der Waals surface area contributed by atoms with Gasteiger partial charge < -0.3 is 4.90 Å². The van der Waals surface area contributed by atoms with Crippen LogP contribution < -0.4 is 15.2 Å². The Morgan fingerprint density at radius 1 is 0.978 bits per heavy atom. The number of hydrogen-bond donors (Lipinski definition) is 1. The Bertz CT molecular complexity index is 1900. The number of para-hydroxylation sites is 1. The summed E-state index contributed by atoms with van der Waals surface area (Å²) in [5.41, 5.74) is 5.24. The topological polar surface area (TPSA) is 91.5 Å². The number of aryl methyl sites for hydroxylation is 1. The van der Waals surface area contributed by atoms with Crippen LogP contribution in [0.5, 0.6) is 0 Å². The van der Waals surface area contributed by atoms with Gasteiger partial charge in [0.15, 0.2) is 5.82 Å². The smallest absolute Gasteiger partial charge is 0.369 e. The first kappa shape index (κ1) is 31.4. The van der Waals surface area contributed by atoms with E-state index in [4.69, 9.17) is 26.9 Å². The molecule has 0 amide bonds. The summed E-state index contributed by atoms with van der Waals surface area (Å²) in [4.78, 5) is 17.5. The Kier molecular flexibility index (Phi) is 9.41. The predicted octanol–water partition coefficient (Wildman–Crippen LogP) is 5.29. The molecule has 5 aromatic rings. The molecule has 0 bridgehead atoms. The number of rotatable bonds is 10. The molecule has 0 spiro atoms. The van der Waals surface area contributed by atoms with Crippen molar-refractivity contribution in [1.29, 1.82) is 0 Å². The monoisotopic (exact) mass is 637 g/mol. The van der Waals surface area contributed by atoms with Crippen molar-refractivity contribution in [1.82, 2.24) is 24.6 Å². The minimum Gasteiger partial charge on any atom is -0.369 e. The van der Waals surface area contributed by atoms with E-state index in [0.29, 0.717) is 23.2 Å². The first-order valence-electron chi connectivity index (χ1n) is 15.8. The van der Waals surface area contributed by atoms with Gasteiger partial charge in [-0.1, -0.05) is 80.9 Å². The lowest BCUT2D eigenvalue weighted by atomic mass is 9.96. The molecular weight excluding hydrogens is 597 g/mol. The normalized spacial score (nSPS) is 14.8. The highest BCUT2D eigenvalue weighted by molar-refractivity contribution is 7.71. The van der Waals surface area contributed by atoms with E-state index in [1.54, 1.807) is 9.36 Å². The van der Waals surface area contributed by atoms with E-state index >= 15 is 0 Å². The van der Waals surface area contributed by atoms with Crippen LogP contribution >= 0.6 is 12.2 Å². The molecule has 3 aromatic carbocycles. The number of nitrogens with zero attached hydrogens (tertiary/aromatic N) is 7. The second kappa shape index (κ2) is 13.8. The van der Waals surface area contributed by atoms with Crippen molar-refractivity contribution in [3.05, 3.63) is 122 Å². The lowest BCUT2D eigenvalue weighted by Crippen LogP contribution is -2.47. The SMILES string of the molecule is Cc1ccc(-[n+]2[nH]oc(=O)c2/C=N/n2c(C(C)c3ccc(CC(C)C)cc3)nn(CN3CCN(c4ccccc4)CC3)c2=S)cc1. The Labute approximate surface area is 274 Å². The van der Waals surface area contributed by atoms with Crippen molar-refractivity contribution < 1.29 is 9.20 Å². The molecule has 3 heterocycles. The molecule has 1 unspecified atom stereocenters. The molecular formula is C35H41N8O2S+. The maximum atomic E-state index is 12.8. The van der Waals surface area contributed by atoms with Crippen LogP contribution in [0.2, 0.25) is 0 Å². The van der Waals surface area contributed by atoms with Gasteiger partial charge in [-0.15, -0.1) is 0 Å². The minimum absolute atomic E-state index is 0.102. The van der Waals surface area contributed by atoms with Crippen LogP contribution in [-0.4, -0.2) is 57.0 Å². The number of benzene rings is 3. The third kappa shape index (κ3) is 6.95. The molecule has 2 aromatic heterocycles. The first-order valence-corrected chi connectivity index (χ1v) is 16.2. The second-order valence-corrected chi connectivity index (χ2v) is 12.7. The van der Waals surface area contributed by atoms with Crippen LogP contribution in [0.3, 0.4) is 0 Å². The van der Waals surface area contributed by atoms with Gasteiger partial charge in [0, 0.05) is 49.9 Å². The molecule has 238 valence electrons. The number of aromatic nitrogens is 5. The zero-order valence-electron chi connectivity index (χ0n) is 26.8. The third-order valence-electron chi connectivity index (χ3n) is 8.45. The van der Waals surface area contributed by atoms with Crippen LogP contribution in [0, 0.1) is 17.6 Å². The summed E-state index contributed by atoms with van der Waals surface area (Å²) in [7, 11) is 0. The molecule has 6 rings (SSSR count). The van der Waals surface area contributed by atoms with Crippen molar-refractivity contribution >= 4 is 24.1 Å². The van der Waals surface area contributed by atoms with Gasteiger partial charge >= 0.3 is 11.3 Å². The highest BCUT2D eigenvalue weighted by atomic mass is 32.1. The van der Waals surface area contributed by atoms with Gasteiger partial charge in [0.25, 0.3) is 0 Å². The van der Waals surface area contributed by atoms with Gasteiger partial charge in [0.2, 0.25) is 10.5 Å². The van der Waals surface area contributed by atoms with Gasteiger partial charge in [-0.2, -0.15) is 14.9 Å². The maximum Gasteiger partial charge on any atom is 0.436 e. The van der Waals surface area contributed by atoms with Crippen LogP contribution in [0.25, 0.3) is 5.69 Å². The quantitative estimate of drug-likeness (QED) is 0.127. The fourth-order valence-electron chi connectivity index (χ4n) is 5.81. The van der Waals surface area contributed by atoms with Crippen molar-refractivity contribution in [2.75, 3.05) is 31.1 Å². The summed E-state index contributed by atoms with van der Waals surface area (Å²) in [5.74, 6) is 1.18. The molecule has 1 saturated heterocycles.